The molecule has 28 heavy (non-hydrogen) atoms. The molecule has 6 nitrogen and oxygen atoms in total. The van der Waals surface area contributed by atoms with Crippen molar-refractivity contribution in [1.82, 2.24) is 0 Å². The third kappa shape index (κ3) is 2.85. The molecule has 0 saturated carbocycles. The highest BCUT2D eigenvalue weighted by Gasteiger charge is 2.13. The number of aryl methyl sites for hydroxylation is 2. The second kappa shape index (κ2) is 6.42. The maximum absolute atomic E-state index is 10.1. The molecular formula is C22H18O6. The van der Waals surface area contributed by atoms with E-state index in [9.17, 15) is 30.6 Å². The minimum Gasteiger partial charge on any atom is -0.507 e. The molecule has 4 aromatic carbocycles. The first kappa shape index (κ1) is 17.6. The number of hydrogen-bond acceptors (Lipinski definition) is 6. The number of phenolic OH excluding ortho intramolecular Hbond substituents is 6. The van der Waals surface area contributed by atoms with E-state index in [1.165, 1.54) is 36.4 Å². The zero-order chi connectivity index (χ0) is 20.0. The standard InChI is InChI=1S/C22H18O6/c23-17-5-3-11(13-7-19(25)21(27)9-15(13)17)1-2-12-4-6-18(24)16-10-22(28)20(26)8-14(12)16/h3-10,23-28H,1-2H2. The molecule has 0 saturated heterocycles. The average Bonchev–Trinajstić information content (AvgIpc) is 2.66. The van der Waals surface area contributed by atoms with Crippen LogP contribution in [0.15, 0.2) is 48.5 Å². The van der Waals surface area contributed by atoms with Gasteiger partial charge in [0.2, 0.25) is 0 Å². The van der Waals surface area contributed by atoms with E-state index in [1.807, 2.05) is 0 Å². The lowest BCUT2D eigenvalue weighted by atomic mass is 9.94. The van der Waals surface area contributed by atoms with Crippen molar-refractivity contribution in [2.45, 2.75) is 12.8 Å². The lowest BCUT2D eigenvalue weighted by molar-refractivity contribution is 0.404. The molecule has 0 aromatic heterocycles. The van der Waals surface area contributed by atoms with Crippen LogP contribution in [-0.4, -0.2) is 30.6 Å². The lowest BCUT2D eigenvalue weighted by Gasteiger charge is -2.12. The highest BCUT2D eigenvalue weighted by molar-refractivity contribution is 5.94. The van der Waals surface area contributed by atoms with Crippen molar-refractivity contribution >= 4 is 21.5 Å². The highest BCUT2D eigenvalue weighted by Crippen LogP contribution is 2.38. The fourth-order valence-electron chi connectivity index (χ4n) is 3.53. The number of fused-ring (bicyclic) bond motifs is 2. The maximum Gasteiger partial charge on any atom is 0.158 e. The molecular weight excluding hydrogens is 360 g/mol. The van der Waals surface area contributed by atoms with Gasteiger partial charge < -0.3 is 30.6 Å². The normalized spacial score (nSPS) is 11.3. The van der Waals surface area contributed by atoms with Gasteiger partial charge in [0.25, 0.3) is 0 Å². The van der Waals surface area contributed by atoms with Crippen molar-refractivity contribution in [2.75, 3.05) is 0 Å². The molecule has 0 heterocycles. The molecule has 0 fully saturated rings. The molecule has 4 aromatic rings. The van der Waals surface area contributed by atoms with Gasteiger partial charge in [-0.25, -0.2) is 0 Å². The van der Waals surface area contributed by atoms with Crippen LogP contribution in [0.3, 0.4) is 0 Å². The topological polar surface area (TPSA) is 121 Å². The largest absolute Gasteiger partial charge is 0.507 e. The van der Waals surface area contributed by atoms with Gasteiger partial charge in [0.1, 0.15) is 11.5 Å². The van der Waals surface area contributed by atoms with Crippen LogP contribution in [0, 0.1) is 0 Å². The third-order valence-corrected chi connectivity index (χ3v) is 5.02. The van der Waals surface area contributed by atoms with Crippen LogP contribution < -0.4 is 0 Å². The van der Waals surface area contributed by atoms with Crippen molar-refractivity contribution in [3.63, 3.8) is 0 Å². The van der Waals surface area contributed by atoms with Crippen LogP contribution in [0.25, 0.3) is 21.5 Å². The number of rotatable bonds is 3. The lowest BCUT2D eigenvalue weighted by Crippen LogP contribution is -1.94. The van der Waals surface area contributed by atoms with Crippen molar-refractivity contribution in [3.8, 4) is 34.5 Å². The summed E-state index contributed by atoms with van der Waals surface area (Å²) in [5.74, 6) is -1.14. The van der Waals surface area contributed by atoms with E-state index in [2.05, 4.69) is 0 Å². The SMILES string of the molecule is Oc1cc2c(O)ccc(CCc3ccc(O)c4cc(O)c(O)cc34)c2cc1O. The van der Waals surface area contributed by atoms with E-state index in [4.69, 9.17) is 0 Å². The van der Waals surface area contributed by atoms with Gasteiger partial charge in [0.05, 0.1) is 0 Å². The van der Waals surface area contributed by atoms with Crippen molar-refractivity contribution in [2.24, 2.45) is 0 Å². The number of aromatic hydroxyl groups is 6. The first-order chi connectivity index (χ1) is 13.3. The molecule has 6 N–H and O–H groups in total. The number of hydrogen-bond donors (Lipinski definition) is 6. The van der Waals surface area contributed by atoms with Crippen LogP contribution in [0.4, 0.5) is 0 Å². The Bertz CT molecular complexity index is 1130. The smallest absolute Gasteiger partial charge is 0.158 e. The van der Waals surface area contributed by atoms with Gasteiger partial charge in [0, 0.05) is 10.8 Å². The molecule has 0 amide bonds. The zero-order valence-electron chi connectivity index (χ0n) is 14.7. The second-order valence-corrected chi connectivity index (χ2v) is 6.76. The molecule has 0 bridgehead atoms. The molecule has 0 aliphatic carbocycles. The molecule has 0 unspecified atom stereocenters. The van der Waals surface area contributed by atoms with Gasteiger partial charge >= 0.3 is 0 Å². The molecule has 142 valence electrons. The average molecular weight is 378 g/mol. The summed E-state index contributed by atoms with van der Waals surface area (Å²) in [5, 5.41) is 61.3. The quantitative estimate of drug-likeness (QED) is 0.300. The summed E-state index contributed by atoms with van der Waals surface area (Å²) >= 11 is 0. The monoisotopic (exact) mass is 378 g/mol. The predicted molar refractivity (Wildman–Crippen MR) is 105 cm³/mol. The molecule has 0 aliphatic rings. The van der Waals surface area contributed by atoms with E-state index >= 15 is 0 Å². The first-order valence-corrected chi connectivity index (χ1v) is 8.68. The summed E-state index contributed by atoms with van der Waals surface area (Å²) < 4.78 is 0. The molecule has 6 heteroatoms. The Kier molecular flexibility index (Phi) is 4.04. The van der Waals surface area contributed by atoms with Crippen LogP contribution in [-0.2, 0) is 12.8 Å². The first-order valence-electron chi connectivity index (χ1n) is 8.68. The highest BCUT2D eigenvalue weighted by atomic mass is 16.3. The molecule has 0 radical (unpaired) electrons. The Morgan fingerprint density at radius 1 is 0.393 bits per heavy atom. The minimum absolute atomic E-state index is 0.00420. The minimum atomic E-state index is -0.306. The van der Waals surface area contributed by atoms with Gasteiger partial charge in [-0.3, -0.25) is 0 Å². The Balaban J connectivity index is 1.76. The Morgan fingerprint density at radius 3 is 1.07 bits per heavy atom. The van der Waals surface area contributed by atoms with E-state index < -0.39 is 0 Å². The van der Waals surface area contributed by atoms with Crippen LogP contribution in [0.5, 0.6) is 34.5 Å². The molecule has 4 rings (SSSR count). The number of phenols is 6. The zero-order valence-corrected chi connectivity index (χ0v) is 14.7. The van der Waals surface area contributed by atoms with E-state index in [-0.39, 0.29) is 34.5 Å². The Morgan fingerprint density at radius 2 is 0.714 bits per heavy atom. The summed E-state index contributed by atoms with van der Waals surface area (Å²) in [7, 11) is 0. The summed E-state index contributed by atoms with van der Waals surface area (Å²) in [6.07, 6.45) is 1.09. The van der Waals surface area contributed by atoms with E-state index in [0.29, 0.717) is 34.4 Å². The van der Waals surface area contributed by atoms with Crippen LogP contribution in [0.1, 0.15) is 11.1 Å². The van der Waals surface area contributed by atoms with E-state index in [1.54, 1.807) is 12.1 Å². The van der Waals surface area contributed by atoms with Crippen LogP contribution >= 0.6 is 0 Å². The van der Waals surface area contributed by atoms with Gasteiger partial charge in [-0.1, -0.05) is 12.1 Å². The summed E-state index contributed by atoms with van der Waals surface area (Å²) in [5.41, 5.74) is 1.71. The Labute approximate surface area is 159 Å². The summed E-state index contributed by atoms with van der Waals surface area (Å²) in [6, 6.07) is 12.0. The predicted octanol–water partition coefficient (Wildman–Crippen LogP) is 4.01. The van der Waals surface area contributed by atoms with Crippen LogP contribution in [0.2, 0.25) is 0 Å². The van der Waals surface area contributed by atoms with E-state index in [0.717, 1.165) is 11.1 Å². The van der Waals surface area contributed by atoms with Gasteiger partial charge in [-0.05, 0) is 71.1 Å². The van der Waals surface area contributed by atoms with Gasteiger partial charge in [0.15, 0.2) is 23.0 Å². The summed E-state index contributed by atoms with van der Waals surface area (Å²) in [4.78, 5) is 0. The molecule has 0 spiro atoms. The Hall–Kier alpha value is -3.80. The molecule has 0 atom stereocenters. The van der Waals surface area contributed by atoms with Crippen molar-refractivity contribution in [3.05, 3.63) is 59.7 Å². The van der Waals surface area contributed by atoms with Gasteiger partial charge in [-0.15, -0.1) is 0 Å². The van der Waals surface area contributed by atoms with Crippen molar-refractivity contribution < 1.29 is 30.6 Å². The fraction of sp³-hybridized carbons (Fsp3) is 0.0909. The number of benzene rings is 4. The second-order valence-electron chi connectivity index (χ2n) is 6.76. The van der Waals surface area contributed by atoms with Gasteiger partial charge in [-0.2, -0.15) is 0 Å². The summed E-state index contributed by atoms with van der Waals surface area (Å²) in [6.45, 7) is 0. The molecule has 0 aliphatic heterocycles. The maximum atomic E-state index is 10.1. The van der Waals surface area contributed by atoms with Crippen molar-refractivity contribution in [1.29, 1.82) is 0 Å². The fourth-order valence-corrected chi connectivity index (χ4v) is 3.53. The third-order valence-electron chi connectivity index (χ3n) is 5.02.